The van der Waals surface area contributed by atoms with Crippen LogP contribution < -0.4 is 4.72 Å². The Morgan fingerprint density at radius 3 is 2.89 bits per heavy atom. The highest BCUT2D eigenvalue weighted by Gasteiger charge is 2.15. The quantitative estimate of drug-likeness (QED) is 0.323. The van der Waals surface area contributed by atoms with Gasteiger partial charge in [0.1, 0.15) is 5.82 Å². The smallest absolute Gasteiger partial charge is 0.231 e. The lowest BCUT2D eigenvalue weighted by Gasteiger charge is -2.12. The maximum Gasteiger partial charge on any atom is 0.231 e. The summed E-state index contributed by atoms with van der Waals surface area (Å²) in [6, 6.07) is 8.93. The van der Waals surface area contributed by atoms with Gasteiger partial charge in [-0.1, -0.05) is 29.8 Å². The summed E-state index contributed by atoms with van der Waals surface area (Å²) in [4.78, 5) is 4.33. The first-order chi connectivity index (χ1) is 13.5. The number of nitrogens with one attached hydrogen (secondary N) is 2. The van der Waals surface area contributed by atoms with Gasteiger partial charge in [-0.25, -0.2) is 18.3 Å². The van der Waals surface area contributed by atoms with Gasteiger partial charge >= 0.3 is 0 Å². The molecule has 3 N–H and O–H groups in total. The number of fused-ring (bicyclic) bond motifs is 3. The third-order valence-electron chi connectivity index (χ3n) is 4.60. The summed E-state index contributed by atoms with van der Waals surface area (Å²) in [5.74, 6) is -0.380. The number of hydrogen-bond donors (Lipinski definition) is 3. The van der Waals surface area contributed by atoms with Crippen LogP contribution in [-0.2, 0) is 17.7 Å². The van der Waals surface area contributed by atoms with Crippen molar-refractivity contribution < 1.29 is 13.2 Å². The lowest BCUT2D eigenvalue weighted by atomic mass is 9.97. The first-order valence-corrected chi connectivity index (χ1v) is 10.1. The molecule has 4 aromatic rings. The van der Waals surface area contributed by atoms with Gasteiger partial charge in [-0.3, -0.25) is 9.65 Å². The maximum absolute atomic E-state index is 15.2. The van der Waals surface area contributed by atoms with Crippen LogP contribution in [-0.4, -0.2) is 30.5 Å². The molecular weight excluding hydrogens is 403 g/mol. The van der Waals surface area contributed by atoms with Crippen molar-refractivity contribution in [3.63, 3.8) is 0 Å². The van der Waals surface area contributed by atoms with Crippen molar-refractivity contribution in [3.8, 4) is 11.1 Å². The second kappa shape index (κ2) is 7.92. The van der Waals surface area contributed by atoms with E-state index >= 15 is 4.39 Å². The molecule has 28 heavy (non-hydrogen) atoms. The molecule has 2 heterocycles. The topological polar surface area (TPSA) is 90.9 Å². The predicted molar refractivity (Wildman–Crippen MR) is 109 cm³/mol. The Kier molecular flexibility index (Phi) is 5.36. The molecule has 0 aliphatic heterocycles. The number of rotatable bonds is 6. The fourth-order valence-electron chi connectivity index (χ4n) is 3.27. The summed E-state index contributed by atoms with van der Waals surface area (Å²) in [5.41, 5.74) is 2.21. The van der Waals surface area contributed by atoms with Gasteiger partial charge < -0.3 is 0 Å². The Balaban J connectivity index is 1.70. The van der Waals surface area contributed by atoms with Crippen molar-refractivity contribution in [1.82, 2.24) is 19.9 Å². The first-order valence-electron chi connectivity index (χ1n) is 8.58. The molecule has 144 valence electrons. The van der Waals surface area contributed by atoms with Crippen LogP contribution in [0.4, 0.5) is 4.39 Å². The van der Waals surface area contributed by atoms with Gasteiger partial charge in [0.05, 0.1) is 11.2 Å². The second-order valence-corrected chi connectivity index (χ2v) is 7.53. The Bertz CT molecular complexity index is 1200. The molecule has 0 aliphatic carbocycles. The second-order valence-electron chi connectivity index (χ2n) is 6.34. The van der Waals surface area contributed by atoms with Crippen molar-refractivity contribution in [3.05, 3.63) is 59.1 Å². The van der Waals surface area contributed by atoms with Crippen molar-refractivity contribution in [2.24, 2.45) is 0 Å². The lowest BCUT2D eigenvalue weighted by molar-refractivity contribution is 0.546. The van der Waals surface area contributed by atoms with Crippen molar-refractivity contribution >= 4 is 44.7 Å². The molecule has 0 saturated carbocycles. The molecule has 0 spiro atoms. The Labute approximate surface area is 167 Å². The number of halogens is 2. The Hall–Kier alpha value is -2.39. The molecular formula is C19H16ClFN4O2S. The largest absolute Gasteiger partial charge is 0.294 e. The summed E-state index contributed by atoms with van der Waals surface area (Å²) in [6.45, 7) is 0.308. The van der Waals surface area contributed by atoms with E-state index in [9.17, 15) is 4.21 Å². The summed E-state index contributed by atoms with van der Waals surface area (Å²) in [5, 5.41) is 9.90. The van der Waals surface area contributed by atoms with Gasteiger partial charge in [-0.2, -0.15) is 5.10 Å². The third kappa shape index (κ3) is 3.64. The van der Waals surface area contributed by atoms with Gasteiger partial charge in [0.15, 0.2) is 5.65 Å². The average molecular weight is 419 g/mol. The summed E-state index contributed by atoms with van der Waals surface area (Å²) >= 11 is 4.25. The number of H-pyrrole nitrogens is 1. The van der Waals surface area contributed by atoms with E-state index in [4.69, 9.17) is 16.2 Å². The molecule has 1 atom stereocenters. The van der Waals surface area contributed by atoms with Gasteiger partial charge in [0.25, 0.3) is 0 Å². The molecule has 0 bridgehead atoms. The Morgan fingerprint density at radius 2 is 2.07 bits per heavy atom. The number of benzene rings is 2. The fourth-order valence-corrected chi connectivity index (χ4v) is 3.84. The minimum Gasteiger partial charge on any atom is -0.294 e. The maximum atomic E-state index is 15.2. The van der Waals surface area contributed by atoms with E-state index in [1.54, 1.807) is 24.5 Å². The third-order valence-corrected chi connectivity index (χ3v) is 5.37. The monoisotopic (exact) mass is 418 g/mol. The SMILES string of the molecule is O=S(O)NCCCc1ccc(Cl)c(-c2ccc3c(cnc4[nH]ncc43)c2)c1F. The van der Waals surface area contributed by atoms with Crippen molar-refractivity contribution in [1.29, 1.82) is 0 Å². The van der Waals surface area contributed by atoms with Crippen LogP contribution in [0.1, 0.15) is 12.0 Å². The molecule has 1 unspecified atom stereocenters. The van der Waals surface area contributed by atoms with E-state index in [0.29, 0.717) is 46.7 Å². The molecule has 2 aromatic heterocycles. The first kappa shape index (κ1) is 18.9. The van der Waals surface area contributed by atoms with Crippen molar-refractivity contribution in [2.45, 2.75) is 12.8 Å². The molecule has 4 rings (SSSR count). The summed E-state index contributed by atoms with van der Waals surface area (Å²) < 4.78 is 36.9. The minimum atomic E-state index is -2.06. The zero-order valence-corrected chi connectivity index (χ0v) is 16.1. The molecule has 0 amide bonds. The number of pyridine rings is 1. The molecule has 2 aromatic carbocycles. The molecule has 0 saturated heterocycles. The Morgan fingerprint density at radius 1 is 1.21 bits per heavy atom. The zero-order valence-electron chi connectivity index (χ0n) is 14.6. The molecule has 0 fully saturated rings. The highest BCUT2D eigenvalue weighted by molar-refractivity contribution is 7.77. The molecule has 0 radical (unpaired) electrons. The van der Waals surface area contributed by atoms with Crippen LogP contribution in [0.5, 0.6) is 0 Å². The number of aromatic amines is 1. The number of hydrogen-bond acceptors (Lipinski definition) is 3. The van der Waals surface area contributed by atoms with Gasteiger partial charge in [0.2, 0.25) is 11.3 Å². The van der Waals surface area contributed by atoms with Crippen LogP contribution in [0.3, 0.4) is 0 Å². The van der Waals surface area contributed by atoms with E-state index in [1.165, 1.54) is 0 Å². The van der Waals surface area contributed by atoms with Crippen LogP contribution in [0.25, 0.3) is 32.9 Å². The van der Waals surface area contributed by atoms with E-state index in [-0.39, 0.29) is 5.82 Å². The van der Waals surface area contributed by atoms with E-state index in [2.05, 4.69) is 19.9 Å². The van der Waals surface area contributed by atoms with Crippen LogP contribution in [0, 0.1) is 5.82 Å². The fraction of sp³-hybridized carbons (Fsp3) is 0.158. The normalized spacial score (nSPS) is 12.7. The average Bonchev–Trinajstić information content (AvgIpc) is 3.15. The summed E-state index contributed by atoms with van der Waals surface area (Å²) in [7, 11) is 0. The highest BCUT2D eigenvalue weighted by atomic mass is 35.5. The van der Waals surface area contributed by atoms with Crippen LogP contribution in [0.2, 0.25) is 5.02 Å². The lowest BCUT2D eigenvalue weighted by Crippen LogP contribution is -2.17. The van der Waals surface area contributed by atoms with E-state index in [1.807, 2.05) is 18.2 Å². The van der Waals surface area contributed by atoms with Crippen LogP contribution >= 0.6 is 11.6 Å². The van der Waals surface area contributed by atoms with Crippen LogP contribution in [0.15, 0.2) is 42.7 Å². The van der Waals surface area contributed by atoms with Gasteiger partial charge in [-0.05, 0) is 41.5 Å². The number of aromatic nitrogens is 3. The number of aryl methyl sites for hydroxylation is 1. The van der Waals surface area contributed by atoms with Crippen molar-refractivity contribution in [2.75, 3.05) is 6.54 Å². The minimum absolute atomic E-state index is 0.308. The number of nitrogens with zero attached hydrogens (tertiary/aromatic N) is 2. The van der Waals surface area contributed by atoms with Gasteiger partial charge in [0, 0.05) is 29.1 Å². The molecule has 6 nitrogen and oxygen atoms in total. The summed E-state index contributed by atoms with van der Waals surface area (Å²) in [6.07, 6.45) is 4.37. The zero-order chi connectivity index (χ0) is 19.7. The van der Waals surface area contributed by atoms with E-state index in [0.717, 1.165) is 16.2 Å². The standard InChI is InChI=1S/C19H16ClFN4O2S/c20-16-6-4-11(2-1-7-24-28(26)27)18(21)17(16)12-3-5-14-13(8-12)9-22-19-15(14)10-23-25-19/h3-6,8-10,24H,1-2,7H2,(H,26,27)(H,22,23,25). The van der Waals surface area contributed by atoms with E-state index < -0.39 is 11.3 Å². The molecule has 0 aliphatic rings. The highest BCUT2D eigenvalue weighted by Crippen LogP contribution is 2.35. The predicted octanol–water partition coefficient (Wildman–Crippen LogP) is 4.23. The molecule has 9 heteroatoms. The van der Waals surface area contributed by atoms with Gasteiger partial charge in [-0.15, -0.1) is 0 Å².